The van der Waals surface area contributed by atoms with Crippen LogP contribution in [0.25, 0.3) is 5.70 Å². The third kappa shape index (κ3) is 5.72. The van der Waals surface area contributed by atoms with E-state index < -0.39 is 15.9 Å². The monoisotopic (exact) mass is 515 g/mol. The number of anilines is 2. The first-order valence-corrected chi connectivity index (χ1v) is 14.2. The third-order valence-electron chi connectivity index (χ3n) is 5.20. The van der Waals surface area contributed by atoms with Crippen molar-refractivity contribution in [1.82, 2.24) is 15.6 Å². The Hall–Kier alpha value is -3.02. The molecule has 1 aromatic heterocycles. The highest BCUT2D eigenvalue weighted by atomic mass is 32.2. The molecule has 0 bridgehead atoms. The number of rotatable bonds is 7. The van der Waals surface area contributed by atoms with E-state index in [4.69, 9.17) is 5.73 Å². The van der Waals surface area contributed by atoms with Crippen LogP contribution in [0.4, 0.5) is 15.7 Å². The quantitative estimate of drug-likeness (QED) is 0.369. The van der Waals surface area contributed by atoms with Crippen LogP contribution in [-0.2, 0) is 22.8 Å². The number of hydrogen-bond donors (Lipinski definition) is 4. The highest BCUT2D eigenvalue weighted by Gasteiger charge is 2.25. The van der Waals surface area contributed by atoms with Gasteiger partial charge in [-0.15, -0.1) is 11.8 Å². The maximum atomic E-state index is 12.3. The lowest BCUT2D eigenvalue weighted by Gasteiger charge is -2.12. The van der Waals surface area contributed by atoms with Crippen LogP contribution >= 0.6 is 23.1 Å². The maximum Gasteiger partial charge on any atom is 0.321 e. The van der Waals surface area contributed by atoms with Crippen LogP contribution in [0, 0.1) is 0 Å². The SMILES string of the molecule is CCc1cccc(C2=CSC(c3sc(NC(=O)NCc4ccc(S(C)(=O)=O)cc4)nc3N)N2)c1. The number of nitrogens with one attached hydrogen (secondary N) is 3. The summed E-state index contributed by atoms with van der Waals surface area (Å²) in [5.74, 6) is 0.374. The van der Waals surface area contributed by atoms with Gasteiger partial charge in [0.05, 0.1) is 9.77 Å². The topological polar surface area (TPSA) is 126 Å². The van der Waals surface area contributed by atoms with Gasteiger partial charge >= 0.3 is 6.03 Å². The van der Waals surface area contributed by atoms with Crippen molar-refractivity contribution in [3.05, 3.63) is 75.5 Å². The summed E-state index contributed by atoms with van der Waals surface area (Å²) in [7, 11) is -3.25. The first-order chi connectivity index (χ1) is 16.2. The molecular weight excluding hydrogens is 490 g/mol. The summed E-state index contributed by atoms with van der Waals surface area (Å²) in [5, 5.41) is 11.3. The predicted octanol–water partition coefficient (Wildman–Crippen LogP) is 4.35. The number of nitrogens with two attached hydrogens (primary N) is 1. The fraction of sp³-hybridized carbons (Fsp3) is 0.217. The van der Waals surface area contributed by atoms with Crippen LogP contribution < -0.4 is 21.7 Å². The number of aryl methyl sites for hydroxylation is 1. The zero-order chi connectivity index (χ0) is 24.3. The lowest BCUT2D eigenvalue weighted by Crippen LogP contribution is -2.28. The normalized spacial score (nSPS) is 15.5. The molecule has 8 nitrogen and oxygen atoms in total. The first kappa shape index (κ1) is 24.1. The highest BCUT2D eigenvalue weighted by molar-refractivity contribution is 8.02. The van der Waals surface area contributed by atoms with Crippen LogP contribution in [0.1, 0.15) is 33.9 Å². The van der Waals surface area contributed by atoms with Crippen LogP contribution in [0.2, 0.25) is 0 Å². The molecule has 5 N–H and O–H groups in total. The van der Waals surface area contributed by atoms with E-state index in [2.05, 4.69) is 57.5 Å². The molecule has 0 fully saturated rings. The van der Waals surface area contributed by atoms with Crippen LogP contribution in [0.5, 0.6) is 0 Å². The molecule has 1 unspecified atom stereocenters. The Labute approximate surface area is 207 Å². The molecule has 2 heterocycles. The molecule has 178 valence electrons. The molecule has 0 saturated carbocycles. The van der Waals surface area contributed by atoms with Crippen molar-refractivity contribution in [2.24, 2.45) is 0 Å². The number of nitrogens with zero attached hydrogens (tertiary/aromatic N) is 1. The number of nitrogen functional groups attached to an aromatic ring is 1. The molecule has 4 rings (SSSR count). The summed E-state index contributed by atoms with van der Waals surface area (Å²) >= 11 is 2.94. The van der Waals surface area contributed by atoms with Gasteiger partial charge in [0, 0.05) is 18.5 Å². The minimum Gasteiger partial charge on any atom is -0.383 e. The fourth-order valence-electron chi connectivity index (χ4n) is 3.35. The Morgan fingerprint density at radius 2 is 1.94 bits per heavy atom. The van der Waals surface area contributed by atoms with E-state index in [9.17, 15) is 13.2 Å². The number of sulfone groups is 1. The molecule has 34 heavy (non-hydrogen) atoms. The Balaban J connectivity index is 1.34. The van der Waals surface area contributed by atoms with Gasteiger partial charge in [0.15, 0.2) is 15.0 Å². The van der Waals surface area contributed by atoms with Gasteiger partial charge in [-0.2, -0.15) is 0 Å². The van der Waals surface area contributed by atoms with Crippen molar-refractivity contribution < 1.29 is 13.2 Å². The van der Waals surface area contributed by atoms with Crippen molar-refractivity contribution >= 4 is 55.6 Å². The van der Waals surface area contributed by atoms with Gasteiger partial charge in [0.2, 0.25) is 0 Å². The molecule has 2 amide bonds. The lowest BCUT2D eigenvalue weighted by atomic mass is 10.1. The van der Waals surface area contributed by atoms with Gasteiger partial charge < -0.3 is 16.4 Å². The Bertz CT molecular complexity index is 1330. The smallest absolute Gasteiger partial charge is 0.321 e. The summed E-state index contributed by atoms with van der Waals surface area (Å²) in [4.78, 5) is 17.7. The van der Waals surface area contributed by atoms with Gasteiger partial charge in [0.25, 0.3) is 0 Å². The second-order valence-electron chi connectivity index (χ2n) is 7.74. The van der Waals surface area contributed by atoms with E-state index in [0.29, 0.717) is 10.9 Å². The highest BCUT2D eigenvalue weighted by Crippen LogP contribution is 2.43. The predicted molar refractivity (Wildman–Crippen MR) is 139 cm³/mol. The van der Waals surface area contributed by atoms with E-state index in [-0.39, 0.29) is 16.8 Å². The second-order valence-corrected chi connectivity index (χ2v) is 11.8. The third-order valence-corrected chi connectivity index (χ3v) is 8.53. The van der Waals surface area contributed by atoms with Gasteiger partial charge in [-0.3, -0.25) is 5.32 Å². The summed E-state index contributed by atoms with van der Waals surface area (Å²) in [5.41, 5.74) is 10.4. The Morgan fingerprint density at radius 1 is 1.18 bits per heavy atom. The average molecular weight is 516 g/mol. The summed E-state index contributed by atoms with van der Waals surface area (Å²) in [6.07, 6.45) is 2.13. The van der Waals surface area contributed by atoms with E-state index >= 15 is 0 Å². The summed E-state index contributed by atoms with van der Waals surface area (Å²) in [6.45, 7) is 2.37. The van der Waals surface area contributed by atoms with E-state index in [1.165, 1.54) is 29.0 Å². The Kier molecular flexibility index (Phi) is 7.15. The second kappa shape index (κ2) is 10.1. The molecule has 0 aliphatic carbocycles. The van der Waals surface area contributed by atoms with Gasteiger partial charge in [-0.05, 0) is 46.7 Å². The zero-order valence-electron chi connectivity index (χ0n) is 18.7. The molecule has 3 aromatic rings. The molecule has 0 saturated heterocycles. The molecule has 1 aliphatic rings. The molecule has 0 spiro atoms. The number of aromatic nitrogens is 1. The number of carbonyl (C=O) groups excluding carboxylic acids is 1. The number of urea groups is 1. The summed E-state index contributed by atoms with van der Waals surface area (Å²) < 4.78 is 23.1. The van der Waals surface area contributed by atoms with Crippen LogP contribution in [-0.4, -0.2) is 25.7 Å². The molecule has 1 aliphatic heterocycles. The number of thioether (sulfide) groups is 1. The van der Waals surface area contributed by atoms with Gasteiger partial charge in [-0.1, -0.05) is 48.6 Å². The lowest BCUT2D eigenvalue weighted by molar-refractivity contribution is 0.251. The number of benzene rings is 2. The number of thiazole rings is 1. The van der Waals surface area contributed by atoms with E-state index in [1.807, 2.05) is 0 Å². The van der Waals surface area contributed by atoms with Crippen LogP contribution in [0.15, 0.2) is 58.8 Å². The molecular formula is C23H25N5O3S3. The molecule has 11 heteroatoms. The van der Waals surface area contributed by atoms with Crippen molar-refractivity contribution in [3.8, 4) is 0 Å². The van der Waals surface area contributed by atoms with Gasteiger partial charge in [-0.25, -0.2) is 18.2 Å². The van der Waals surface area contributed by atoms with Crippen molar-refractivity contribution in [3.63, 3.8) is 0 Å². The molecule has 2 aromatic carbocycles. The largest absolute Gasteiger partial charge is 0.383 e. The van der Waals surface area contributed by atoms with E-state index in [1.54, 1.807) is 23.9 Å². The Morgan fingerprint density at radius 3 is 2.65 bits per heavy atom. The average Bonchev–Trinajstić information content (AvgIpc) is 3.44. The maximum absolute atomic E-state index is 12.3. The van der Waals surface area contributed by atoms with Crippen LogP contribution in [0.3, 0.4) is 0 Å². The van der Waals surface area contributed by atoms with Crippen molar-refractivity contribution in [2.75, 3.05) is 17.3 Å². The molecule has 0 radical (unpaired) electrons. The first-order valence-electron chi connectivity index (χ1n) is 10.5. The number of hydrogen-bond acceptors (Lipinski definition) is 8. The van der Waals surface area contributed by atoms with Gasteiger partial charge in [0.1, 0.15) is 11.2 Å². The fourth-order valence-corrected chi connectivity index (χ4v) is 6.02. The zero-order valence-corrected chi connectivity index (χ0v) is 21.1. The molecule has 1 atom stereocenters. The van der Waals surface area contributed by atoms with Crippen molar-refractivity contribution in [1.29, 1.82) is 0 Å². The number of amides is 2. The van der Waals surface area contributed by atoms with Crippen molar-refractivity contribution in [2.45, 2.75) is 30.2 Å². The number of carbonyl (C=O) groups is 1. The van der Waals surface area contributed by atoms with E-state index in [0.717, 1.165) is 34.4 Å². The summed E-state index contributed by atoms with van der Waals surface area (Å²) in [6, 6.07) is 14.4. The standard InChI is InChI=1S/C23H25N5O3S3/c1-3-14-5-4-6-16(11-14)18-13-32-21(26-18)19-20(24)27-23(33-19)28-22(29)25-12-15-7-9-17(10-8-15)34(2,30)31/h4-11,13,21,26H,3,12,24H2,1-2H3,(H2,25,27,28,29). The minimum atomic E-state index is -3.25. The minimum absolute atomic E-state index is 0.0789.